The Morgan fingerprint density at radius 1 is 1.57 bits per heavy atom. The number of ether oxygens (including phenoxy) is 1. The molecule has 0 aliphatic carbocycles. The number of likely N-dealkylation sites (N-methyl/N-ethyl adjacent to an activating group) is 1. The Bertz CT molecular complexity index is 167. The summed E-state index contributed by atoms with van der Waals surface area (Å²) in [7, 11) is 3.18. The number of rotatable bonds is 7. The van der Waals surface area contributed by atoms with E-state index >= 15 is 0 Å². The molecule has 3 N–H and O–H groups in total. The molecule has 5 nitrogen and oxygen atoms in total. The Balaban J connectivity index is 4.01. The zero-order valence-corrected chi connectivity index (χ0v) is 9.09. The molecule has 0 aliphatic rings. The van der Waals surface area contributed by atoms with Crippen molar-refractivity contribution in [1.29, 1.82) is 0 Å². The predicted molar refractivity (Wildman–Crippen MR) is 54.1 cm³/mol. The smallest absolute Gasteiger partial charge is 0.233 e. The number of amides is 1. The third kappa shape index (κ3) is 5.16. The van der Waals surface area contributed by atoms with Crippen molar-refractivity contribution in [2.45, 2.75) is 18.9 Å². The Labute approximate surface area is 84.8 Å². The maximum atomic E-state index is 11.0. The third-order valence-electron chi connectivity index (χ3n) is 2.08. The van der Waals surface area contributed by atoms with Gasteiger partial charge in [-0.05, 0) is 13.3 Å². The van der Waals surface area contributed by atoms with E-state index in [0.717, 1.165) is 0 Å². The van der Waals surface area contributed by atoms with Crippen molar-refractivity contribution in [1.82, 2.24) is 10.6 Å². The van der Waals surface area contributed by atoms with Crippen LogP contribution in [0, 0.1) is 0 Å². The van der Waals surface area contributed by atoms with E-state index in [0.29, 0.717) is 13.0 Å². The highest BCUT2D eigenvalue weighted by molar-refractivity contribution is 5.77. The summed E-state index contributed by atoms with van der Waals surface area (Å²) in [6.07, 6.45) is 0.553. The lowest BCUT2D eigenvalue weighted by atomic mass is 9.99. The Morgan fingerprint density at radius 3 is 2.64 bits per heavy atom. The molecule has 5 heteroatoms. The third-order valence-corrected chi connectivity index (χ3v) is 2.08. The Hall–Kier alpha value is -0.650. The van der Waals surface area contributed by atoms with Crippen LogP contribution < -0.4 is 10.6 Å². The predicted octanol–water partition coefficient (Wildman–Crippen LogP) is -0.890. The van der Waals surface area contributed by atoms with Gasteiger partial charge in [0.15, 0.2) is 0 Å². The maximum Gasteiger partial charge on any atom is 0.233 e. The molecule has 0 heterocycles. The fraction of sp³-hybridized carbons (Fsp3) is 0.889. The van der Waals surface area contributed by atoms with Crippen molar-refractivity contribution in [2.75, 3.05) is 33.9 Å². The van der Waals surface area contributed by atoms with Gasteiger partial charge in [0.2, 0.25) is 5.91 Å². The van der Waals surface area contributed by atoms with Crippen molar-refractivity contribution in [3.8, 4) is 0 Å². The van der Waals surface area contributed by atoms with Crippen LogP contribution in [0.1, 0.15) is 13.3 Å². The van der Waals surface area contributed by atoms with E-state index in [4.69, 9.17) is 9.84 Å². The van der Waals surface area contributed by atoms with Crippen LogP contribution in [0.2, 0.25) is 0 Å². The molecule has 0 aliphatic heterocycles. The molecule has 1 atom stereocenters. The van der Waals surface area contributed by atoms with Gasteiger partial charge in [0, 0.05) is 26.3 Å². The quantitative estimate of drug-likeness (QED) is 0.503. The highest BCUT2D eigenvalue weighted by atomic mass is 16.5. The van der Waals surface area contributed by atoms with Crippen LogP contribution in [0.15, 0.2) is 0 Å². The molecule has 0 rings (SSSR count). The normalized spacial score (nSPS) is 14.9. The molecule has 14 heavy (non-hydrogen) atoms. The number of carbonyl (C=O) groups is 1. The summed E-state index contributed by atoms with van der Waals surface area (Å²) < 4.78 is 5.02. The monoisotopic (exact) mass is 204 g/mol. The van der Waals surface area contributed by atoms with Crippen molar-refractivity contribution in [2.24, 2.45) is 0 Å². The molecule has 1 amide bonds. The summed E-state index contributed by atoms with van der Waals surface area (Å²) in [6.45, 7) is 2.68. The van der Waals surface area contributed by atoms with Crippen molar-refractivity contribution in [3.63, 3.8) is 0 Å². The van der Waals surface area contributed by atoms with Gasteiger partial charge in [-0.2, -0.15) is 0 Å². The lowest BCUT2D eigenvalue weighted by molar-refractivity contribution is -0.120. The van der Waals surface area contributed by atoms with E-state index in [-0.39, 0.29) is 24.6 Å². The van der Waals surface area contributed by atoms with Crippen LogP contribution in [0.5, 0.6) is 0 Å². The molecular weight excluding hydrogens is 184 g/mol. The molecule has 0 bridgehead atoms. The van der Waals surface area contributed by atoms with Gasteiger partial charge >= 0.3 is 0 Å². The van der Waals surface area contributed by atoms with Gasteiger partial charge < -0.3 is 20.5 Å². The van der Waals surface area contributed by atoms with Crippen LogP contribution in [0.3, 0.4) is 0 Å². The lowest BCUT2D eigenvalue weighted by Crippen LogP contribution is -2.50. The molecular formula is C9H20N2O3. The summed E-state index contributed by atoms with van der Waals surface area (Å²) in [5.74, 6) is -0.0785. The average Bonchev–Trinajstić information content (AvgIpc) is 2.15. The molecule has 1 unspecified atom stereocenters. The van der Waals surface area contributed by atoms with Gasteiger partial charge in [-0.15, -0.1) is 0 Å². The minimum Gasteiger partial charge on any atom is -0.396 e. The van der Waals surface area contributed by atoms with E-state index < -0.39 is 0 Å². The van der Waals surface area contributed by atoms with Crippen molar-refractivity contribution >= 4 is 5.91 Å². The first-order chi connectivity index (χ1) is 6.58. The largest absolute Gasteiger partial charge is 0.396 e. The van der Waals surface area contributed by atoms with Gasteiger partial charge in [0.25, 0.3) is 0 Å². The second-order valence-corrected chi connectivity index (χ2v) is 3.49. The summed E-state index contributed by atoms with van der Waals surface area (Å²) in [6, 6.07) is 0. The molecule has 84 valence electrons. The van der Waals surface area contributed by atoms with E-state index in [1.807, 2.05) is 6.92 Å². The van der Waals surface area contributed by atoms with Crippen molar-refractivity contribution < 1.29 is 14.6 Å². The molecule has 0 spiro atoms. The van der Waals surface area contributed by atoms with Crippen LogP contribution in [-0.2, 0) is 9.53 Å². The first kappa shape index (κ1) is 13.4. The van der Waals surface area contributed by atoms with Crippen LogP contribution >= 0.6 is 0 Å². The Kier molecular flexibility index (Phi) is 6.44. The zero-order valence-electron chi connectivity index (χ0n) is 9.09. The lowest BCUT2D eigenvalue weighted by Gasteiger charge is -2.29. The van der Waals surface area contributed by atoms with Gasteiger partial charge in [-0.3, -0.25) is 4.79 Å². The SMILES string of the molecule is CNC(=O)CNC(C)(CCO)COC. The first-order valence-electron chi connectivity index (χ1n) is 4.63. The second-order valence-electron chi connectivity index (χ2n) is 3.49. The fourth-order valence-corrected chi connectivity index (χ4v) is 1.16. The first-order valence-corrected chi connectivity index (χ1v) is 4.63. The van der Waals surface area contributed by atoms with Crippen LogP contribution in [0.25, 0.3) is 0 Å². The highest BCUT2D eigenvalue weighted by Gasteiger charge is 2.23. The van der Waals surface area contributed by atoms with Crippen LogP contribution in [-0.4, -0.2) is 50.5 Å². The molecule has 0 aromatic carbocycles. The second kappa shape index (κ2) is 6.75. The van der Waals surface area contributed by atoms with Crippen molar-refractivity contribution in [3.05, 3.63) is 0 Å². The minimum atomic E-state index is -0.351. The van der Waals surface area contributed by atoms with E-state index in [1.165, 1.54) is 0 Å². The average molecular weight is 204 g/mol. The van der Waals surface area contributed by atoms with Gasteiger partial charge in [0.1, 0.15) is 0 Å². The standard InChI is InChI=1S/C9H20N2O3/c1-9(4-5-12,7-14-3)11-6-8(13)10-2/h11-12H,4-7H2,1-3H3,(H,10,13). The molecule has 0 aromatic heterocycles. The Morgan fingerprint density at radius 2 is 2.21 bits per heavy atom. The fourth-order valence-electron chi connectivity index (χ4n) is 1.16. The highest BCUT2D eigenvalue weighted by Crippen LogP contribution is 2.08. The van der Waals surface area contributed by atoms with E-state index in [1.54, 1.807) is 14.2 Å². The zero-order chi connectivity index (χ0) is 11.0. The number of methoxy groups -OCH3 is 1. The molecule has 0 radical (unpaired) electrons. The number of nitrogens with one attached hydrogen (secondary N) is 2. The van der Waals surface area contributed by atoms with E-state index in [9.17, 15) is 4.79 Å². The number of aliphatic hydroxyl groups excluding tert-OH is 1. The topological polar surface area (TPSA) is 70.6 Å². The number of hydrogen-bond acceptors (Lipinski definition) is 4. The molecule has 0 saturated heterocycles. The maximum absolute atomic E-state index is 11.0. The van der Waals surface area contributed by atoms with Crippen LogP contribution in [0.4, 0.5) is 0 Å². The summed E-state index contributed by atoms with van der Waals surface area (Å²) in [5, 5.41) is 14.4. The summed E-state index contributed by atoms with van der Waals surface area (Å²) >= 11 is 0. The molecule has 0 aromatic rings. The number of carbonyl (C=O) groups excluding carboxylic acids is 1. The number of aliphatic hydroxyl groups is 1. The summed E-state index contributed by atoms with van der Waals surface area (Å²) in [5.41, 5.74) is -0.351. The van der Waals surface area contributed by atoms with Gasteiger partial charge in [-0.1, -0.05) is 0 Å². The number of hydrogen-bond donors (Lipinski definition) is 3. The molecule has 0 fully saturated rings. The minimum absolute atomic E-state index is 0.0700. The van der Waals surface area contributed by atoms with Gasteiger partial charge in [-0.25, -0.2) is 0 Å². The summed E-state index contributed by atoms with van der Waals surface area (Å²) in [4.78, 5) is 11.0. The van der Waals surface area contributed by atoms with E-state index in [2.05, 4.69) is 10.6 Å². The van der Waals surface area contributed by atoms with Gasteiger partial charge in [0.05, 0.1) is 13.2 Å². The molecule has 0 saturated carbocycles.